The number of benzene rings is 1. The SMILES string of the molecule is CCOC(=O)C1CCc2sc(NC(=O)/C=C(\C)c3cc4c(C)coc4cc3OCC)nc21. The maximum absolute atomic E-state index is 12.7. The highest BCUT2D eigenvalue weighted by Gasteiger charge is 2.33. The molecule has 1 N–H and O–H groups in total. The third-order valence-corrected chi connectivity index (χ3v) is 6.51. The summed E-state index contributed by atoms with van der Waals surface area (Å²) in [7, 11) is 0. The van der Waals surface area contributed by atoms with E-state index in [0.717, 1.165) is 44.7 Å². The van der Waals surface area contributed by atoms with Crippen molar-refractivity contribution in [3.05, 3.63) is 46.2 Å². The maximum atomic E-state index is 12.7. The van der Waals surface area contributed by atoms with Crippen molar-refractivity contribution in [3.8, 4) is 5.75 Å². The summed E-state index contributed by atoms with van der Waals surface area (Å²) in [4.78, 5) is 30.4. The molecule has 1 aliphatic rings. The predicted octanol–water partition coefficient (Wildman–Crippen LogP) is 5.23. The molecule has 0 saturated carbocycles. The summed E-state index contributed by atoms with van der Waals surface area (Å²) in [6.07, 6.45) is 4.72. The number of ether oxygens (including phenoxy) is 2. The van der Waals surface area contributed by atoms with Gasteiger partial charge in [-0.1, -0.05) is 0 Å². The van der Waals surface area contributed by atoms with Crippen LogP contribution in [0.15, 0.2) is 28.9 Å². The molecule has 0 fully saturated rings. The zero-order chi connectivity index (χ0) is 22.8. The fraction of sp³-hybridized carbons (Fsp3) is 0.375. The lowest BCUT2D eigenvalue weighted by Crippen LogP contribution is -2.14. The lowest BCUT2D eigenvalue weighted by molar-refractivity contribution is -0.145. The largest absolute Gasteiger partial charge is 0.493 e. The molecule has 2 heterocycles. The van der Waals surface area contributed by atoms with Gasteiger partial charge in [0.15, 0.2) is 5.13 Å². The molecule has 7 nitrogen and oxygen atoms in total. The van der Waals surface area contributed by atoms with Gasteiger partial charge >= 0.3 is 5.97 Å². The number of nitrogens with one attached hydrogen (secondary N) is 1. The van der Waals surface area contributed by atoms with E-state index in [1.165, 1.54) is 17.4 Å². The molecule has 4 rings (SSSR count). The first-order valence-electron chi connectivity index (χ1n) is 10.7. The minimum Gasteiger partial charge on any atom is -0.493 e. The number of anilines is 1. The van der Waals surface area contributed by atoms with Crippen molar-refractivity contribution in [3.63, 3.8) is 0 Å². The minimum atomic E-state index is -0.345. The number of carbonyl (C=O) groups is 2. The number of esters is 1. The first-order chi connectivity index (χ1) is 15.4. The molecule has 3 aromatic rings. The quantitative estimate of drug-likeness (QED) is 0.388. The summed E-state index contributed by atoms with van der Waals surface area (Å²) in [5.74, 6) is -0.211. The van der Waals surface area contributed by atoms with Crippen LogP contribution in [0.3, 0.4) is 0 Å². The number of allylic oxidation sites excluding steroid dienone is 1. The molecule has 1 aliphatic carbocycles. The van der Waals surface area contributed by atoms with E-state index in [0.29, 0.717) is 30.5 Å². The number of fused-ring (bicyclic) bond motifs is 2. The van der Waals surface area contributed by atoms with E-state index in [4.69, 9.17) is 13.9 Å². The van der Waals surface area contributed by atoms with Crippen LogP contribution < -0.4 is 10.1 Å². The van der Waals surface area contributed by atoms with Crippen molar-refractivity contribution >= 4 is 44.9 Å². The number of rotatable bonds is 7. The molecular formula is C24H26N2O5S. The van der Waals surface area contributed by atoms with Gasteiger partial charge in [0.25, 0.3) is 0 Å². The summed E-state index contributed by atoms with van der Waals surface area (Å²) >= 11 is 1.41. The molecular weight excluding hydrogens is 428 g/mol. The second-order valence-corrected chi connectivity index (χ2v) is 8.77. The molecule has 0 spiro atoms. The number of hydrogen-bond donors (Lipinski definition) is 1. The number of aromatic nitrogens is 1. The van der Waals surface area contributed by atoms with E-state index in [1.807, 2.05) is 32.9 Å². The van der Waals surface area contributed by atoms with Gasteiger partial charge < -0.3 is 13.9 Å². The average Bonchev–Trinajstić information content (AvgIpc) is 3.42. The average molecular weight is 455 g/mol. The highest BCUT2D eigenvalue weighted by molar-refractivity contribution is 7.16. The Hall–Kier alpha value is -3.13. The van der Waals surface area contributed by atoms with Gasteiger partial charge in [-0.15, -0.1) is 11.3 Å². The number of thiazole rings is 1. The Balaban J connectivity index is 1.55. The van der Waals surface area contributed by atoms with Crippen LogP contribution in [0.25, 0.3) is 16.5 Å². The Morgan fingerprint density at radius 3 is 2.88 bits per heavy atom. The third-order valence-electron chi connectivity index (χ3n) is 5.46. The summed E-state index contributed by atoms with van der Waals surface area (Å²) in [6.45, 7) is 8.40. The van der Waals surface area contributed by atoms with Gasteiger partial charge in [-0.05, 0) is 57.7 Å². The Labute approximate surface area is 190 Å². The molecule has 168 valence electrons. The molecule has 2 aromatic heterocycles. The fourth-order valence-electron chi connectivity index (χ4n) is 3.93. The van der Waals surface area contributed by atoms with E-state index >= 15 is 0 Å². The monoisotopic (exact) mass is 454 g/mol. The predicted molar refractivity (Wildman–Crippen MR) is 124 cm³/mol. The minimum absolute atomic E-state index is 0.251. The molecule has 0 saturated heterocycles. The Morgan fingerprint density at radius 1 is 1.31 bits per heavy atom. The van der Waals surface area contributed by atoms with E-state index in [-0.39, 0.29) is 17.8 Å². The fourth-order valence-corrected chi connectivity index (χ4v) is 4.98. The first-order valence-corrected chi connectivity index (χ1v) is 11.5. The van der Waals surface area contributed by atoms with Crippen molar-refractivity contribution in [2.75, 3.05) is 18.5 Å². The van der Waals surface area contributed by atoms with Crippen LogP contribution in [0.4, 0.5) is 5.13 Å². The number of aryl methyl sites for hydroxylation is 2. The van der Waals surface area contributed by atoms with Crippen molar-refractivity contribution in [1.82, 2.24) is 4.98 Å². The van der Waals surface area contributed by atoms with Gasteiger partial charge in [0, 0.05) is 28.0 Å². The molecule has 1 aromatic carbocycles. The van der Waals surface area contributed by atoms with E-state index in [9.17, 15) is 9.59 Å². The number of nitrogens with zero attached hydrogens (tertiary/aromatic N) is 1. The van der Waals surface area contributed by atoms with Crippen molar-refractivity contribution < 1.29 is 23.5 Å². The van der Waals surface area contributed by atoms with E-state index in [2.05, 4.69) is 10.3 Å². The number of hydrogen-bond acceptors (Lipinski definition) is 7. The lowest BCUT2D eigenvalue weighted by Gasteiger charge is -2.11. The van der Waals surface area contributed by atoms with Crippen LogP contribution in [-0.4, -0.2) is 30.1 Å². The van der Waals surface area contributed by atoms with Crippen LogP contribution in [0, 0.1) is 6.92 Å². The summed E-state index contributed by atoms with van der Waals surface area (Å²) in [5.41, 5.74) is 4.10. The van der Waals surface area contributed by atoms with Crippen LogP contribution in [-0.2, 0) is 20.7 Å². The Bertz CT molecular complexity index is 1210. The zero-order valence-corrected chi connectivity index (χ0v) is 19.4. The molecule has 1 unspecified atom stereocenters. The molecule has 1 amide bonds. The zero-order valence-electron chi connectivity index (χ0n) is 18.6. The van der Waals surface area contributed by atoms with Gasteiger partial charge in [0.1, 0.15) is 17.3 Å². The van der Waals surface area contributed by atoms with Crippen LogP contribution in [0.2, 0.25) is 0 Å². The third kappa shape index (κ3) is 4.27. The van der Waals surface area contributed by atoms with E-state index < -0.39 is 0 Å². The second-order valence-electron chi connectivity index (χ2n) is 7.68. The number of amides is 1. The molecule has 0 aliphatic heterocycles. The lowest BCUT2D eigenvalue weighted by atomic mass is 10.0. The summed E-state index contributed by atoms with van der Waals surface area (Å²) in [5, 5.41) is 4.31. The van der Waals surface area contributed by atoms with Gasteiger partial charge in [0.05, 0.1) is 25.2 Å². The maximum Gasteiger partial charge on any atom is 0.315 e. The van der Waals surface area contributed by atoms with Crippen molar-refractivity contribution in [2.24, 2.45) is 0 Å². The van der Waals surface area contributed by atoms with Gasteiger partial charge in [-0.3, -0.25) is 14.9 Å². The standard InChI is InChI=1S/C24H26N2O5S/c1-5-29-18-11-19-17(14(4)12-31-19)10-16(18)13(3)9-21(27)25-24-26-22-15(23(28)30-6-2)7-8-20(22)32-24/h9-12,15H,5-8H2,1-4H3,(H,25,26,27)/b13-9+. The molecule has 0 radical (unpaired) electrons. The summed E-state index contributed by atoms with van der Waals surface area (Å²) in [6, 6.07) is 3.84. The Kier molecular flexibility index (Phi) is 6.32. The first kappa shape index (κ1) is 22.1. The normalized spacial score (nSPS) is 15.6. The van der Waals surface area contributed by atoms with Crippen LogP contribution in [0.1, 0.15) is 54.8 Å². The number of carbonyl (C=O) groups excluding carboxylic acids is 2. The molecule has 8 heteroatoms. The second kappa shape index (κ2) is 9.16. The van der Waals surface area contributed by atoms with Gasteiger partial charge in [0.2, 0.25) is 5.91 Å². The summed E-state index contributed by atoms with van der Waals surface area (Å²) < 4.78 is 16.5. The molecule has 1 atom stereocenters. The Morgan fingerprint density at radius 2 is 2.12 bits per heavy atom. The number of furan rings is 1. The van der Waals surface area contributed by atoms with Gasteiger partial charge in [-0.2, -0.15) is 0 Å². The van der Waals surface area contributed by atoms with Crippen LogP contribution in [0.5, 0.6) is 5.75 Å². The van der Waals surface area contributed by atoms with Crippen molar-refractivity contribution in [1.29, 1.82) is 0 Å². The topological polar surface area (TPSA) is 90.7 Å². The van der Waals surface area contributed by atoms with Gasteiger partial charge in [-0.25, -0.2) is 4.98 Å². The van der Waals surface area contributed by atoms with E-state index in [1.54, 1.807) is 13.2 Å². The molecule has 32 heavy (non-hydrogen) atoms. The smallest absolute Gasteiger partial charge is 0.315 e. The molecule has 0 bridgehead atoms. The van der Waals surface area contributed by atoms with Crippen molar-refractivity contribution in [2.45, 2.75) is 46.5 Å². The highest BCUT2D eigenvalue weighted by atomic mass is 32.1. The van der Waals surface area contributed by atoms with Crippen LogP contribution >= 0.6 is 11.3 Å². The highest BCUT2D eigenvalue weighted by Crippen LogP contribution is 2.39.